The van der Waals surface area contributed by atoms with Gasteiger partial charge < -0.3 is 5.32 Å². The van der Waals surface area contributed by atoms with Crippen molar-refractivity contribution in [1.29, 1.82) is 0 Å². The van der Waals surface area contributed by atoms with Crippen LogP contribution in [0.3, 0.4) is 0 Å². The Labute approximate surface area is 139 Å². The molecular formula is C15H16Br2FNS. The van der Waals surface area contributed by atoms with Gasteiger partial charge in [0.2, 0.25) is 0 Å². The Morgan fingerprint density at radius 2 is 2.10 bits per heavy atom. The second kappa shape index (κ2) is 7.69. The van der Waals surface area contributed by atoms with Crippen molar-refractivity contribution in [2.75, 3.05) is 6.54 Å². The van der Waals surface area contributed by atoms with Gasteiger partial charge in [0.25, 0.3) is 0 Å². The van der Waals surface area contributed by atoms with Gasteiger partial charge in [0, 0.05) is 10.5 Å². The number of nitrogens with one attached hydrogen (secondary N) is 1. The van der Waals surface area contributed by atoms with E-state index in [0.29, 0.717) is 0 Å². The number of benzene rings is 1. The van der Waals surface area contributed by atoms with Crippen LogP contribution in [0, 0.1) is 5.82 Å². The Kier molecular flexibility index (Phi) is 6.20. The lowest BCUT2D eigenvalue weighted by Crippen LogP contribution is -2.23. The topological polar surface area (TPSA) is 12.0 Å². The zero-order valence-corrected chi connectivity index (χ0v) is 15.1. The molecule has 0 aliphatic carbocycles. The van der Waals surface area contributed by atoms with Gasteiger partial charge in [0.15, 0.2) is 0 Å². The molecule has 0 fully saturated rings. The molecule has 1 heterocycles. The van der Waals surface area contributed by atoms with Crippen LogP contribution in [0.4, 0.5) is 4.39 Å². The fourth-order valence-corrected chi connectivity index (χ4v) is 3.69. The Hall–Kier alpha value is -0.230. The standard InChI is InChI=1S/C15H16Br2FNS/c1-2-5-19-14(11-8-15(17)20-9-11)7-10-6-12(18)3-4-13(10)16/h3-4,6,8-9,14,19H,2,5,7H2,1H3. The summed E-state index contributed by atoms with van der Waals surface area (Å²) in [6, 6.07) is 7.18. The molecule has 1 atom stereocenters. The number of rotatable bonds is 6. The molecule has 108 valence electrons. The zero-order chi connectivity index (χ0) is 14.5. The Morgan fingerprint density at radius 1 is 1.30 bits per heavy atom. The Bertz CT molecular complexity index is 571. The van der Waals surface area contributed by atoms with E-state index in [9.17, 15) is 4.39 Å². The van der Waals surface area contributed by atoms with E-state index in [1.54, 1.807) is 23.5 Å². The summed E-state index contributed by atoms with van der Waals surface area (Å²) in [4.78, 5) is 0. The number of thiophene rings is 1. The van der Waals surface area contributed by atoms with Gasteiger partial charge in [-0.05, 0) is 76.1 Å². The van der Waals surface area contributed by atoms with Crippen LogP contribution in [0.1, 0.15) is 30.5 Å². The monoisotopic (exact) mass is 419 g/mol. The summed E-state index contributed by atoms with van der Waals surface area (Å²) >= 11 is 8.68. The quantitative estimate of drug-likeness (QED) is 0.632. The third kappa shape index (κ3) is 4.38. The summed E-state index contributed by atoms with van der Waals surface area (Å²) in [6.07, 6.45) is 1.84. The largest absolute Gasteiger partial charge is 0.310 e. The van der Waals surface area contributed by atoms with Gasteiger partial charge in [-0.15, -0.1) is 11.3 Å². The molecule has 1 aromatic carbocycles. The fourth-order valence-electron chi connectivity index (χ4n) is 2.05. The number of hydrogen-bond acceptors (Lipinski definition) is 2. The van der Waals surface area contributed by atoms with Gasteiger partial charge in [-0.2, -0.15) is 0 Å². The van der Waals surface area contributed by atoms with E-state index in [1.165, 1.54) is 11.6 Å². The highest BCUT2D eigenvalue weighted by atomic mass is 79.9. The average Bonchev–Trinajstić information content (AvgIpc) is 2.85. The molecule has 20 heavy (non-hydrogen) atoms. The summed E-state index contributed by atoms with van der Waals surface area (Å²) in [7, 11) is 0. The fraction of sp³-hybridized carbons (Fsp3) is 0.333. The van der Waals surface area contributed by atoms with Crippen molar-refractivity contribution in [3.8, 4) is 0 Å². The van der Waals surface area contributed by atoms with Crippen LogP contribution in [-0.4, -0.2) is 6.54 Å². The minimum atomic E-state index is -0.191. The molecule has 0 saturated carbocycles. The van der Waals surface area contributed by atoms with E-state index in [0.717, 1.165) is 33.2 Å². The highest BCUT2D eigenvalue weighted by molar-refractivity contribution is 9.11. The third-order valence-electron chi connectivity index (χ3n) is 3.06. The van der Waals surface area contributed by atoms with Gasteiger partial charge in [0.1, 0.15) is 5.82 Å². The van der Waals surface area contributed by atoms with E-state index < -0.39 is 0 Å². The molecule has 0 radical (unpaired) electrons. The van der Waals surface area contributed by atoms with E-state index >= 15 is 0 Å². The van der Waals surface area contributed by atoms with Crippen molar-refractivity contribution in [2.24, 2.45) is 0 Å². The van der Waals surface area contributed by atoms with Gasteiger partial charge >= 0.3 is 0 Å². The molecule has 1 nitrogen and oxygen atoms in total. The Balaban J connectivity index is 2.21. The highest BCUT2D eigenvalue weighted by Crippen LogP contribution is 2.29. The predicted molar refractivity (Wildman–Crippen MR) is 90.9 cm³/mol. The molecule has 1 aromatic heterocycles. The maximum Gasteiger partial charge on any atom is 0.123 e. The van der Waals surface area contributed by atoms with Crippen LogP contribution in [0.25, 0.3) is 0 Å². The number of halogens is 3. The van der Waals surface area contributed by atoms with Crippen LogP contribution >= 0.6 is 43.2 Å². The SMILES string of the molecule is CCCNC(Cc1cc(F)ccc1Br)c1csc(Br)c1. The highest BCUT2D eigenvalue weighted by Gasteiger charge is 2.15. The van der Waals surface area contributed by atoms with Crippen molar-refractivity contribution >= 4 is 43.2 Å². The van der Waals surface area contributed by atoms with Crippen molar-refractivity contribution < 1.29 is 4.39 Å². The molecule has 0 aliphatic rings. The second-order valence-electron chi connectivity index (χ2n) is 4.63. The smallest absolute Gasteiger partial charge is 0.123 e. The first-order valence-electron chi connectivity index (χ1n) is 6.51. The molecule has 2 rings (SSSR count). The summed E-state index contributed by atoms with van der Waals surface area (Å²) in [5.74, 6) is -0.191. The van der Waals surface area contributed by atoms with Crippen LogP contribution in [0.5, 0.6) is 0 Å². The minimum absolute atomic E-state index is 0.191. The zero-order valence-electron chi connectivity index (χ0n) is 11.1. The summed E-state index contributed by atoms with van der Waals surface area (Å²) in [5.41, 5.74) is 2.23. The average molecular weight is 421 g/mol. The van der Waals surface area contributed by atoms with E-state index in [1.807, 2.05) is 0 Å². The lowest BCUT2D eigenvalue weighted by Gasteiger charge is -2.18. The first-order valence-corrected chi connectivity index (χ1v) is 8.98. The molecular weight excluding hydrogens is 405 g/mol. The van der Waals surface area contributed by atoms with Crippen LogP contribution in [0.2, 0.25) is 0 Å². The molecule has 0 saturated heterocycles. The molecule has 1 unspecified atom stereocenters. The van der Waals surface area contributed by atoms with Gasteiger partial charge in [-0.3, -0.25) is 0 Å². The van der Waals surface area contributed by atoms with E-state index in [4.69, 9.17) is 0 Å². The van der Waals surface area contributed by atoms with Crippen LogP contribution in [-0.2, 0) is 6.42 Å². The van der Waals surface area contributed by atoms with E-state index in [-0.39, 0.29) is 11.9 Å². The summed E-state index contributed by atoms with van der Waals surface area (Å²) < 4.78 is 15.5. The molecule has 0 amide bonds. The van der Waals surface area contributed by atoms with Gasteiger partial charge in [0.05, 0.1) is 3.79 Å². The lowest BCUT2D eigenvalue weighted by atomic mass is 10.0. The third-order valence-corrected chi connectivity index (χ3v) is 5.36. The normalized spacial score (nSPS) is 12.6. The summed E-state index contributed by atoms with van der Waals surface area (Å²) in [5, 5.41) is 5.68. The number of hydrogen-bond donors (Lipinski definition) is 1. The maximum atomic E-state index is 13.4. The van der Waals surface area contributed by atoms with Crippen LogP contribution in [0.15, 0.2) is 37.9 Å². The first-order chi connectivity index (χ1) is 9.60. The van der Waals surface area contributed by atoms with Crippen molar-refractivity contribution in [1.82, 2.24) is 5.32 Å². The van der Waals surface area contributed by atoms with Crippen molar-refractivity contribution in [3.63, 3.8) is 0 Å². The van der Waals surface area contributed by atoms with Crippen LogP contribution < -0.4 is 5.32 Å². The molecule has 0 aliphatic heterocycles. The summed E-state index contributed by atoms with van der Waals surface area (Å²) in [6.45, 7) is 3.09. The van der Waals surface area contributed by atoms with Crippen molar-refractivity contribution in [2.45, 2.75) is 25.8 Å². The second-order valence-corrected chi connectivity index (χ2v) is 7.78. The molecule has 1 N–H and O–H groups in total. The van der Waals surface area contributed by atoms with Gasteiger partial charge in [-0.1, -0.05) is 22.9 Å². The molecule has 5 heteroatoms. The van der Waals surface area contributed by atoms with Crippen molar-refractivity contribution in [3.05, 3.63) is 54.8 Å². The molecule has 0 bridgehead atoms. The molecule has 0 spiro atoms. The minimum Gasteiger partial charge on any atom is -0.310 e. The van der Waals surface area contributed by atoms with E-state index in [2.05, 4.69) is 55.5 Å². The predicted octanol–water partition coefficient (Wildman–Crippen LogP) is 5.70. The Morgan fingerprint density at radius 3 is 2.75 bits per heavy atom. The molecule has 2 aromatic rings. The lowest BCUT2D eigenvalue weighted by molar-refractivity contribution is 0.527. The maximum absolute atomic E-state index is 13.4. The first kappa shape index (κ1) is 16.1. The van der Waals surface area contributed by atoms with Gasteiger partial charge in [-0.25, -0.2) is 4.39 Å².